The summed E-state index contributed by atoms with van der Waals surface area (Å²) in [4.78, 5) is 12.5. The molecule has 0 spiro atoms. The number of carbonyl (C=O) groups excluding carboxylic acids is 1. The number of nitrogens with one attached hydrogen (secondary N) is 2. The quantitative estimate of drug-likeness (QED) is 0.710. The molecule has 1 aliphatic heterocycles. The molecule has 1 amide bonds. The molecule has 2 aromatic carbocycles. The molecular formula is C20H22ClN5O. The minimum Gasteiger partial charge on any atom is -0.351 e. The van der Waals surface area contributed by atoms with E-state index >= 15 is 0 Å². The molecule has 0 unspecified atom stereocenters. The maximum atomic E-state index is 12.5. The lowest BCUT2D eigenvalue weighted by molar-refractivity contribution is -0.123. The van der Waals surface area contributed by atoms with Gasteiger partial charge < -0.3 is 10.6 Å². The van der Waals surface area contributed by atoms with Gasteiger partial charge in [-0.1, -0.05) is 35.0 Å². The van der Waals surface area contributed by atoms with Crippen LogP contribution >= 0.6 is 11.6 Å². The van der Waals surface area contributed by atoms with E-state index in [1.165, 1.54) is 5.56 Å². The molecule has 1 saturated heterocycles. The largest absolute Gasteiger partial charge is 0.351 e. The smallest absolute Gasteiger partial charge is 0.237 e. The molecule has 7 heteroatoms. The van der Waals surface area contributed by atoms with Crippen LogP contribution in [0, 0.1) is 5.92 Å². The predicted octanol–water partition coefficient (Wildman–Crippen LogP) is 2.46. The standard InChI is InChI=1S/C20H22ClN5O/c1-26-19-6-5-14(9-17(19)24-25-26)11-23-20(27)18-10-15(12-22-18)7-13-3-2-4-16(21)8-13/h2-6,8-9,15,18,22H,7,10-12H2,1H3,(H,23,27)/t15-,18-/m0/s1. The Morgan fingerprint density at radius 1 is 1.30 bits per heavy atom. The van der Waals surface area contributed by atoms with Crippen LogP contribution in [-0.4, -0.2) is 33.5 Å². The van der Waals surface area contributed by atoms with Crippen LogP contribution in [0.4, 0.5) is 0 Å². The van der Waals surface area contributed by atoms with Crippen LogP contribution in [0.15, 0.2) is 42.5 Å². The van der Waals surface area contributed by atoms with E-state index in [1.54, 1.807) is 4.68 Å². The van der Waals surface area contributed by atoms with Gasteiger partial charge in [0.25, 0.3) is 0 Å². The molecule has 1 aliphatic rings. The normalized spacial score (nSPS) is 19.5. The fourth-order valence-electron chi connectivity index (χ4n) is 3.67. The van der Waals surface area contributed by atoms with E-state index in [4.69, 9.17) is 11.6 Å². The van der Waals surface area contributed by atoms with Crippen LogP contribution in [0.2, 0.25) is 5.02 Å². The number of amides is 1. The zero-order valence-corrected chi connectivity index (χ0v) is 15.9. The van der Waals surface area contributed by atoms with Crippen molar-refractivity contribution in [2.45, 2.75) is 25.4 Å². The average molecular weight is 384 g/mol. The van der Waals surface area contributed by atoms with E-state index in [0.717, 1.165) is 41.0 Å². The highest BCUT2D eigenvalue weighted by atomic mass is 35.5. The molecule has 3 aromatic rings. The van der Waals surface area contributed by atoms with E-state index in [1.807, 2.05) is 43.4 Å². The second-order valence-electron chi connectivity index (χ2n) is 7.15. The summed E-state index contributed by atoms with van der Waals surface area (Å²) in [5, 5.41) is 15.2. The van der Waals surface area contributed by atoms with Gasteiger partial charge in [0.05, 0.1) is 11.6 Å². The van der Waals surface area contributed by atoms with Crippen LogP contribution in [-0.2, 0) is 24.8 Å². The average Bonchev–Trinajstić information content (AvgIpc) is 3.27. The highest BCUT2D eigenvalue weighted by Crippen LogP contribution is 2.21. The number of hydrogen-bond donors (Lipinski definition) is 2. The van der Waals surface area contributed by atoms with Gasteiger partial charge in [-0.15, -0.1) is 5.10 Å². The lowest BCUT2D eigenvalue weighted by Gasteiger charge is -2.12. The molecule has 2 heterocycles. The summed E-state index contributed by atoms with van der Waals surface area (Å²) < 4.78 is 1.74. The lowest BCUT2D eigenvalue weighted by Crippen LogP contribution is -2.39. The van der Waals surface area contributed by atoms with Crippen LogP contribution < -0.4 is 10.6 Å². The van der Waals surface area contributed by atoms with Crippen molar-refractivity contribution in [2.75, 3.05) is 6.54 Å². The number of carbonyl (C=O) groups is 1. The monoisotopic (exact) mass is 383 g/mol. The maximum Gasteiger partial charge on any atom is 0.237 e. The SMILES string of the molecule is Cn1nnc2cc(CNC(=O)[C@@H]3C[C@H](Cc4cccc(Cl)c4)CN3)ccc21. The van der Waals surface area contributed by atoms with Crippen LogP contribution in [0.1, 0.15) is 17.5 Å². The number of fused-ring (bicyclic) bond motifs is 1. The Hall–Kier alpha value is -2.44. The summed E-state index contributed by atoms with van der Waals surface area (Å²) in [6, 6.07) is 13.7. The summed E-state index contributed by atoms with van der Waals surface area (Å²) in [5.74, 6) is 0.484. The van der Waals surface area contributed by atoms with Crippen LogP contribution in [0.3, 0.4) is 0 Å². The van der Waals surface area contributed by atoms with Gasteiger partial charge in [0.1, 0.15) is 5.52 Å². The summed E-state index contributed by atoms with van der Waals surface area (Å²) in [5.41, 5.74) is 4.05. The number of aromatic nitrogens is 3. The third kappa shape index (κ3) is 4.12. The van der Waals surface area contributed by atoms with Crippen molar-refractivity contribution >= 4 is 28.5 Å². The van der Waals surface area contributed by atoms with Crippen molar-refractivity contribution in [2.24, 2.45) is 13.0 Å². The van der Waals surface area contributed by atoms with Crippen molar-refractivity contribution < 1.29 is 4.79 Å². The number of hydrogen-bond acceptors (Lipinski definition) is 4. The third-order valence-electron chi connectivity index (χ3n) is 5.09. The lowest BCUT2D eigenvalue weighted by atomic mass is 9.96. The first-order valence-electron chi connectivity index (χ1n) is 9.12. The Kier molecular flexibility index (Phi) is 5.09. The number of rotatable bonds is 5. The van der Waals surface area contributed by atoms with E-state index in [2.05, 4.69) is 27.0 Å². The summed E-state index contributed by atoms with van der Waals surface area (Å²) in [6.45, 7) is 1.33. The fraction of sp³-hybridized carbons (Fsp3) is 0.350. The number of benzene rings is 2. The Labute approximate surface area is 162 Å². The highest BCUT2D eigenvalue weighted by Gasteiger charge is 2.29. The minimum absolute atomic E-state index is 0.0443. The van der Waals surface area contributed by atoms with Gasteiger partial charge in [0, 0.05) is 18.6 Å². The Morgan fingerprint density at radius 3 is 3.04 bits per heavy atom. The molecule has 27 heavy (non-hydrogen) atoms. The van der Waals surface area contributed by atoms with Crippen molar-refractivity contribution in [3.05, 3.63) is 58.6 Å². The molecule has 2 atom stereocenters. The van der Waals surface area contributed by atoms with Crippen molar-refractivity contribution in [3.8, 4) is 0 Å². The summed E-state index contributed by atoms with van der Waals surface area (Å²) >= 11 is 6.06. The van der Waals surface area contributed by atoms with Gasteiger partial charge in [-0.2, -0.15) is 0 Å². The first-order chi connectivity index (χ1) is 13.1. The molecule has 4 rings (SSSR count). The highest BCUT2D eigenvalue weighted by molar-refractivity contribution is 6.30. The van der Waals surface area contributed by atoms with Crippen molar-refractivity contribution in [3.63, 3.8) is 0 Å². The number of aryl methyl sites for hydroxylation is 1. The molecule has 0 bridgehead atoms. The van der Waals surface area contributed by atoms with Crippen LogP contribution in [0.25, 0.3) is 11.0 Å². The van der Waals surface area contributed by atoms with E-state index in [-0.39, 0.29) is 11.9 Å². The number of nitrogens with zero attached hydrogens (tertiary/aromatic N) is 3. The summed E-state index contributed by atoms with van der Waals surface area (Å²) in [6.07, 6.45) is 1.77. The van der Waals surface area contributed by atoms with E-state index in [0.29, 0.717) is 12.5 Å². The molecule has 140 valence electrons. The molecule has 1 fully saturated rings. The Bertz CT molecular complexity index is 970. The molecule has 6 nitrogen and oxygen atoms in total. The first-order valence-corrected chi connectivity index (χ1v) is 9.50. The summed E-state index contributed by atoms with van der Waals surface area (Å²) in [7, 11) is 1.86. The minimum atomic E-state index is -0.144. The van der Waals surface area contributed by atoms with Gasteiger partial charge in [-0.3, -0.25) is 4.79 Å². The van der Waals surface area contributed by atoms with Gasteiger partial charge in [-0.05, 0) is 60.7 Å². The maximum absolute atomic E-state index is 12.5. The number of halogens is 1. The van der Waals surface area contributed by atoms with Crippen molar-refractivity contribution in [1.29, 1.82) is 0 Å². The van der Waals surface area contributed by atoms with Gasteiger partial charge in [0.2, 0.25) is 5.91 Å². The van der Waals surface area contributed by atoms with Crippen molar-refractivity contribution in [1.82, 2.24) is 25.6 Å². The fourth-order valence-corrected chi connectivity index (χ4v) is 3.88. The van der Waals surface area contributed by atoms with Crippen LogP contribution in [0.5, 0.6) is 0 Å². The molecular weight excluding hydrogens is 362 g/mol. The van der Waals surface area contributed by atoms with E-state index < -0.39 is 0 Å². The van der Waals surface area contributed by atoms with Gasteiger partial charge in [-0.25, -0.2) is 4.68 Å². The second-order valence-corrected chi connectivity index (χ2v) is 7.59. The Balaban J connectivity index is 1.30. The Morgan fingerprint density at radius 2 is 2.19 bits per heavy atom. The predicted molar refractivity (Wildman–Crippen MR) is 105 cm³/mol. The third-order valence-corrected chi connectivity index (χ3v) is 5.33. The topological polar surface area (TPSA) is 71.8 Å². The van der Waals surface area contributed by atoms with Gasteiger partial charge in [0.15, 0.2) is 0 Å². The molecule has 0 aliphatic carbocycles. The first kappa shape index (κ1) is 17.9. The molecule has 0 saturated carbocycles. The van der Waals surface area contributed by atoms with E-state index in [9.17, 15) is 4.79 Å². The molecule has 2 N–H and O–H groups in total. The molecule has 0 radical (unpaired) electrons. The zero-order chi connectivity index (χ0) is 18.8. The second kappa shape index (κ2) is 7.66. The van der Waals surface area contributed by atoms with Gasteiger partial charge >= 0.3 is 0 Å². The molecule has 1 aromatic heterocycles. The zero-order valence-electron chi connectivity index (χ0n) is 15.2.